The lowest BCUT2D eigenvalue weighted by atomic mass is 10.1. The number of aliphatic imine (C=N–C) groups is 1. The van der Waals surface area contributed by atoms with E-state index in [2.05, 4.69) is 10.3 Å². The molecule has 1 N–H and O–H groups in total. The van der Waals surface area contributed by atoms with E-state index < -0.39 is 0 Å². The van der Waals surface area contributed by atoms with Crippen molar-refractivity contribution in [3.05, 3.63) is 42.5 Å². The van der Waals surface area contributed by atoms with E-state index in [4.69, 9.17) is 0 Å². The fourth-order valence-corrected chi connectivity index (χ4v) is 3.61. The summed E-state index contributed by atoms with van der Waals surface area (Å²) in [6.07, 6.45) is 0. The van der Waals surface area contributed by atoms with E-state index in [1.165, 1.54) is 23.5 Å². The van der Waals surface area contributed by atoms with Crippen LogP contribution < -0.4 is 5.32 Å². The summed E-state index contributed by atoms with van der Waals surface area (Å²) in [5.41, 5.74) is 0.774. The van der Waals surface area contributed by atoms with Crippen LogP contribution in [0.4, 0.5) is 5.69 Å². The number of carbonyl (C=O) groups is 2. The van der Waals surface area contributed by atoms with Crippen molar-refractivity contribution in [3.8, 4) is 0 Å². The molecular weight excluding hydrogens is 304 g/mol. The van der Waals surface area contributed by atoms with E-state index in [1.807, 2.05) is 42.5 Å². The molecule has 0 fully saturated rings. The van der Waals surface area contributed by atoms with Crippen LogP contribution in [0, 0.1) is 0 Å². The first-order chi connectivity index (χ1) is 10.2. The number of benzene rings is 2. The maximum atomic E-state index is 11.9. The SMILES string of the molecule is O=C1CSC(SCC(=O)Nc2ccc3ccccc3c2)=N1. The molecule has 106 valence electrons. The van der Waals surface area contributed by atoms with Crippen LogP contribution in [-0.2, 0) is 9.59 Å². The molecule has 0 bridgehead atoms. The molecule has 0 aromatic heterocycles. The van der Waals surface area contributed by atoms with Crippen molar-refractivity contribution < 1.29 is 9.59 Å². The Bertz CT molecular complexity index is 743. The highest BCUT2D eigenvalue weighted by Gasteiger charge is 2.16. The second-order valence-electron chi connectivity index (χ2n) is 4.46. The average molecular weight is 316 g/mol. The first kappa shape index (κ1) is 14.2. The summed E-state index contributed by atoms with van der Waals surface area (Å²) in [5.74, 6) is 0.413. The number of hydrogen-bond donors (Lipinski definition) is 1. The Hall–Kier alpha value is -1.79. The largest absolute Gasteiger partial charge is 0.325 e. The van der Waals surface area contributed by atoms with Crippen LogP contribution in [0.2, 0.25) is 0 Å². The van der Waals surface area contributed by atoms with Crippen molar-refractivity contribution in [2.45, 2.75) is 0 Å². The Morgan fingerprint density at radius 3 is 2.81 bits per heavy atom. The Kier molecular flexibility index (Phi) is 4.26. The molecule has 2 amide bonds. The molecule has 0 unspecified atom stereocenters. The second-order valence-corrected chi connectivity index (χ2v) is 6.65. The molecule has 0 spiro atoms. The van der Waals surface area contributed by atoms with Crippen LogP contribution in [0.25, 0.3) is 10.8 Å². The third-order valence-corrected chi connectivity index (χ3v) is 5.08. The zero-order chi connectivity index (χ0) is 14.7. The molecule has 0 saturated heterocycles. The predicted molar refractivity (Wildman–Crippen MR) is 89.9 cm³/mol. The van der Waals surface area contributed by atoms with E-state index in [1.54, 1.807) is 0 Å². The Morgan fingerprint density at radius 2 is 2.05 bits per heavy atom. The summed E-state index contributed by atoms with van der Waals surface area (Å²) >= 11 is 2.68. The minimum atomic E-state index is -0.127. The number of rotatable bonds is 3. The highest BCUT2D eigenvalue weighted by molar-refractivity contribution is 8.39. The van der Waals surface area contributed by atoms with Crippen LogP contribution in [-0.4, -0.2) is 27.7 Å². The molecule has 2 aromatic rings. The Morgan fingerprint density at radius 1 is 1.24 bits per heavy atom. The monoisotopic (exact) mass is 316 g/mol. The van der Waals surface area contributed by atoms with Gasteiger partial charge in [-0.05, 0) is 22.9 Å². The van der Waals surface area contributed by atoms with Gasteiger partial charge in [0.2, 0.25) is 5.91 Å². The summed E-state index contributed by atoms with van der Waals surface area (Å²) < 4.78 is 0.675. The molecule has 6 heteroatoms. The van der Waals surface area contributed by atoms with Gasteiger partial charge in [-0.25, -0.2) is 0 Å². The van der Waals surface area contributed by atoms with Crippen molar-refractivity contribution in [2.75, 3.05) is 16.8 Å². The maximum absolute atomic E-state index is 11.9. The van der Waals surface area contributed by atoms with Gasteiger partial charge in [0.05, 0.1) is 11.5 Å². The van der Waals surface area contributed by atoms with E-state index >= 15 is 0 Å². The van der Waals surface area contributed by atoms with Gasteiger partial charge in [0.25, 0.3) is 5.91 Å². The molecule has 4 nitrogen and oxygen atoms in total. The first-order valence-electron chi connectivity index (χ1n) is 6.36. The summed E-state index contributed by atoms with van der Waals surface area (Å²) in [4.78, 5) is 26.7. The topological polar surface area (TPSA) is 58.5 Å². The number of hydrogen-bond acceptors (Lipinski definition) is 4. The van der Waals surface area contributed by atoms with Crippen LogP contribution in [0.1, 0.15) is 0 Å². The van der Waals surface area contributed by atoms with Gasteiger partial charge < -0.3 is 5.32 Å². The number of nitrogens with zero attached hydrogens (tertiary/aromatic N) is 1. The lowest BCUT2D eigenvalue weighted by molar-refractivity contribution is -0.115. The summed E-state index contributed by atoms with van der Waals surface area (Å²) in [7, 11) is 0. The van der Waals surface area contributed by atoms with Gasteiger partial charge in [-0.3, -0.25) is 9.59 Å². The quantitative estimate of drug-likeness (QED) is 0.945. The maximum Gasteiger partial charge on any atom is 0.257 e. The first-order valence-corrected chi connectivity index (χ1v) is 8.33. The fraction of sp³-hybridized carbons (Fsp3) is 0.133. The second kappa shape index (κ2) is 6.32. The fourth-order valence-electron chi connectivity index (χ4n) is 1.96. The Balaban J connectivity index is 1.60. The molecular formula is C15H12N2O2S2. The number of nitrogens with one attached hydrogen (secondary N) is 1. The smallest absolute Gasteiger partial charge is 0.257 e. The number of amides is 2. The van der Waals surface area contributed by atoms with Crippen LogP contribution in [0.3, 0.4) is 0 Å². The molecule has 3 rings (SSSR count). The van der Waals surface area contributed by atoms with Gasteiger partial charge in [-0.2, -0.15) is 4.99 Å². The molecule has 1 heterocycles. The van der Waals surface area contributed by atoms with Crippen molar-refractivity contribution in [2.24, 2.45) is 4.99 Å². The average Bonchev–Trinajstić information content (AvgIpc) is 2.91. The lowest BCUT2D eigenvalue weighted by Crippen LogP contribution is -2.14. The summed E-state index contributed by atoms with van der Waals surface area (Å²) in [6.45, 7) is 0. The van der Waals surface area contributed by atoms with Crippen LogP contribution >= 0.6 is 23.5 Å². The van der Waals surface area contributed by atoms with Crippen LogP contribution in [0.15, 0.2) is 47.5 Å². The van der Waals surface area contributed by atoms with E-state index in [0.717, 1.165) is 16.5 Å². The van der Waals surface area contributed by atoms with E-state index in [9.17, 15) is 9.59 Å². The minimum absolute atomic E-state index is 0.0991. The van der Waals surface area contributed by atoms with E-state index in [-0.39, 0.29) is 17.6 Å². The van der Waals surface area contributed by atoms with Gasteiger partial charge in [0, 0.05) is 5.69 Å². The van der Waals surface area contributed by atoms with Crippen molar-refractivity contribution in [1.82, 2.24) is 0 Å². The summed E-state index contributed by atoms with van der Waals surface area (Å²) in [5, 5.41) is 5.09. The molecule has 0 saturated carbocycles. The van der Waals surface area contributed by atoms with Crippen LogP contribution in [0.5, 0.6) is 0 Å². The third-order valence-electron chi connectivity index (χ3n) is 2.90. The predicted octanol–water partition coefficient (Wildman–Crippen LogP) is 3.14. The van der Waals surface area contributed by atoms with Gasteiger partial charge in [0.15, 0.2) is 0 Å². The number of carbonyl (C=O) groups excluding carboxylic acids is 2. The van der Waals surface area contributed by atoms with Gasteiger partial charge in [-0.15, -0.1) is 0 Å². The highest BCUT2D eigenvalue weighted by Crippen LogP contribution is 2.23. The lowest BCUT2D eigenvalue weighted by Gasteiger charge is -2.06. The summed E-state index contributed by atoms with van der Waals surface area (Å²) in [6, 6.07) is 13.8. The molecule has 1 aliphatic rings. The number of anilines is 1. The van der Waals surface area contributed by atoms with Gasteiger partial charge in [0.1, 0.15) is 4.38 Å². The van der Waals surface area contributed by atoms with Gasteiger partial charge >= 0.3 is 0 Å². The molecule has 0 aliphatic carbocycles. The molecule has 0 radical (unpaired) electrons. The molecule has 21 heavy (non-hydrogen) atoms. The van der Waals surface area contributed by atoms with E-state index in [0.29, 0.717) is 10.1 Å². The van der Waals surface area contributed by atoms with Crippen molar-refractivity contribution in [3.63, 3.8) is 0 Å². The zero-order valence-corrected chi connectivity index (χ0v) is 12.7. The normalized spacial score (nSPS) is 14.3. The standard InChI is InChI=1S/C15H12N2O2S2/c18-13(8-20-15-17-14(19)9-21-15)16-12-6-5-10-3-1-2-4-11(10)7-12/h1-7H,8-9H2,(H,16,18). The molecule has 0 atom stereocenters. The number of thioether (sulfide) groups is 2. The molecule has 1 aliphatic heterocycles. The Labute approximate surface area is 130 Å². The van der Waals surface area contributed by atoms with Crippen molar-refractivity contribution >= 4 is 56.2 Å². The van der Waals surface area contributed by atoms with Crippen molar-refractivity contribution in [1.29, 1.82) is 0 Å². The zero-order valence-electron chi connectivity index (χ0n) is 11.0. The molecule has 2 aromatic carbocycles. The third kappa shape index (κ3) is 3.65. The minimum Gasteiger partial charge on any atom is -0.325 e. The van der Waals surface area contributed by atoms with Gasteiger partial charge in [-0.1, -0.05) is 53.9 Å². The number of fused-ring (bicyclic) bond motifs is 1. The highest BCUT2D eigenvalue weighted by atomic mass is 32.2.